The molecule has 1 aliphatic rings. The van der Waals surface area contributed by atoms with E-state index in [1.54, 1.807) is 6.07 Å². The minimum Gasteiger partial charge on any atom is -0.353 e. The molecule has 0 bridgehead atoms. The number of carbonyl (C=O) groups is 1. The predicted octanol–water partition coefficient (Wildman–Crippen LogP) is 4.99. The maximum Gasteiger partial charge on any atom is 0.321 e. The van der Waals surface area contributed by atoms with Crippen LogP contribution in [0.2, 0.25) is 0 Å². The Kier molecular flexibility index (Phi) is 5.17. The lowest BCUT2D eigenvalue weighted by Crippen LogP contribution is -2.38. The minimum absolute atomic E-state index is 0.0832. The van der Waals surface area contributed by atoms with Gasteiger partial charge in [0.15, 0.2) is 5.82 Å². The van der Waals surface area contributed by atoms with Gasteiger partial charge >= 0.3 is 6.03 Å². The lowest BCUT2D eigenvalue weighted by Gasteiger charge is -2.24. The number of aryl methyl sites for hydroxylation is 2. The molecule has 4 aromatic rings. The van der Waals surface area contributed by atoms with Gasteiger partial charge in [-0.05, 0) is 56.2 Å². The van der Waals surface area contributed by atoms with Crippen LogP contribution < -0.4 is 10.2 Å². The molecule has 0 saturated carbocycles. The van der Waals surface area contributed by atoms with Gasteiger partial charge in [-0.3, -0.25) is 0 Å². The quantitative estimate of drug-likeness (QED) is 0.487. The normalized spacial score (nSPS) is 14.7. The smallest absolute Gasteiger partial charge is 0.321 e. The summed E-state index contributed by atoms with van der Waals surface area (Å²) in [5, 5.41) is 3.05. The summed E-state index contributed by atoms with van der Waals surface area (Å²) in [5.41, 5.74) is 5.55. The van der Waals surface area contributed by atoms with Gasteiger partial charge in [-0.1, -0.05) is 17.7 Å². The van der Waals surface area contributed by atoms with E-state index in [0.717, 1.165) is 41.1 Å². The van der Waals surface area contributed by atoms with Gasteiger partial charge in [0, 0.05) is 44.1 Å². The molecule has 6 nitrogen and oxygen atoms in total. The van der Waals surface area contributed by atoms with Crippen molar-refractivity contribution >= 4 is 34.1 Å². The third kappa shape index (κ3) is 3.75. The lowest BCUT2D eigenvalue weighted by molar-refractivity contribution is 0.215. The Labute approximate surface area is 186 Å². The summed E-state index contributed by atoms with van der Waals surface area (Å²) in [6.07, 6.45) is 2.80. The second-order valence-corrected chi connectivity index (χ2v) is 8.41. The summed E-state index contributed by atoms with van der Waals surface area (Å²) >= 11 is 0. The van der Waals surface area contributed by atoms with E-state index in [4.69, 9.17) is 4.98 Å². The van der Waals surface area contributed by atoms with Gasteiger partial charge in [0.2, 0.25) is 0 Å². The molecule has 3 heterocycles. The fraction of sp³-hybridized carbons (Fsp3) is 0.280. The van der Waals surface area contributed by atoms with Gasteiger partial charge in [-0.15, -0.1) is 0 Å². The Morgan fingerprint density at radius 1 is 1.00 bits per heavy atom. The van der Waals surface area contributed by atoms with Crippen LogP contribution in [0.25, 0.3) is 16.6 Å². The monoisotopic (exact) mass is 431 g/mol. The van der Waals surface area contributed by atoms with Crippen LogP contribution in [0.15, 0.2) is 54.7 Å². The first kappa shape index (κ1) is 20.3. The first-order valence-electron chi connectivity index (χ1n) is 10.9. The number of urea groups is 1. The van der Waals surface area contributed by atoms with E-state index >= 15 is 0 Å². The molecule has 5 rings (SSSR count). The van der Waals surface area contributed by atoms with Gasteiger partial charge in [-0.2, -0.15) is 0 Å². The summed E-state index contributed by atoms with van der Waals surface area (Å²) in [5.74, 6) is 0.525. The Morgan fingerprint density at radius 3 is 2.72 bits per heavy atom. The number of fused-ring (bicyclic) bond motifs is 3. The lowest BCUT2D eigenvalue weighted by atomic mass is 10.1. The van der Waals surface area contributed by atoms with E-state index in [2.05, 4.69) is 16.3 Å². The van der Waals surface area contributed by atoms with Gasteiger partial charge in [0.25, 0.3) is 0 Å². The number of rotatable bonds is 2. The second kappa shape index (κ2) is 8.15. The standard InChI is InChI=1S/C25H26FN5O/c1-17-6-8-20(18(2)15-17)28-25(32)30-11-4-10-29(13-14-30)24-23-5-3-12-31(23)22-9-7-19(26)16-21(22)27-24/h3,5-9,12,15-16H,4,10-11,13-14H2,1-2H3,(H,28,32). The molecule has 2 aromatic carbocycles. The molecule has 0 unspecified atom stereocenters. The number of nitrogens with one attached hydrogen (secondary N) is 1. The van der Waals surface area contributed by atoms with Crippen LogP contribution in [-0.4, -0.2) is 46.5 Å². The van der Waals surface area contributed by atoms with Gasteiger partial charge in [-0.25, -0.2) is 14.2 Å². The molecule has 2 aromatic heterocycles. The molecule has 0 aliphatic carbocycles. The highest BCUT2D eigenvalue weighted by molar-refractivity contribution is 5.90. The summed E-state index contributed by atoms with van der Waals surface area (Å²) in [4.78, 5) is 21.8. The highest BCUT2D eigenvalue weighted by atomic mass is 19.1. The van der Waals surface area contributed by atoms with Gasteiger partial charge < -0.3 is 19.5 Å². The highest BCUT2D eigenvalue weighted by Gasteiger charge is 2.22. The van der Waals surface area contributed by atoms with Crippen molar-refractivity contribution in [3.63, 3.8) is 0 Å². The summed E-state index contributed by atoms with van der Waals surface area (Å²) in [7, 11) is 0. The van der Waals surface area contributed by atoms with Crippen molar-refractivity contribution in [2.24, 2.45) is 0 Å². The maximum atomic E-state index is 13.9. The zero-order chi connectivity index (χ0) is 22.2. The molecule has 0 spiro atoms. The van der Waals surface area contributed by atoms with Gasteiger partial charge in [0.1, 0.15) is 5.82 Å². The topological polar surface area (TPSA) is 52.9 Å². The Morgan fingerprint density at radius 2 is 1.88 bits per heavy atom. The average Bonchev–Trinajstić information content (AvgIpc) is 3.12. The van der Waals surface area contributed by atoms with Crippen LogP contribution in [0.1, 0.15) is 17.5 Å². The zero-order valence-corrected chi connectivity index (χ0v) is 18.3. The van der Waals surface area contributed by atoms with Crippen molar-refractivity contribution in [1.82, 2.24) is 14.3 Å². The molecular weight excluding hydrogens is 405 g/mol. The van der Waals surface area contributed by atoms with Crippen LogP contribution in [-0.2, 0) is 0 Å². The number of halogens is 1. The minimum atomic E-state index is -0.299. The number of hydrogen-bond donors (Lipinski definition) is 1. The largest absolute Gasteiger partial charge is 0.353 e. The molecule has 0 radical (unpaired) electrons. The number of hydrogen-bond acceptors (Lipinski definition) is 3. The van der Waals surface area contributed by atoms with Crippen LogP contribution in [0.5, 0.6) is 0 Å². The number of carbonyl (C=O) groups excluding carboxylic acids is 1. The number of benzene rings is 2. The molecule has 2 amide bonds. The number of nitrogens with zero attached hydrogens (tertiary/aromatic N) is 4. The molecule has 32 heavy (non-hydrogen) atoms. The van der Waals surface area contributed by atoms with Crippen molar-refractivity contribution in [2.45, 2.75) is 20.3 Å². The molecular formula is C25H26FN5O. The van der Waals surface area contributed by atoms with E-state index in [1.807, 2.05) is 53.6 Å². The Bertz CT molecular complexity index is 1310. The molecule has 1 saturated heterocycles. The van der Waals surface area contributed by atoms with E-state index in [-0.39, 0.29) is 11.8 Å². The van der Waals surface area contributed by atoms with E-state index in [1.165, 1.54) is 17.7 Å². The highest BCUT2D eigenvalue weighted by Crippen LogP contribution is 2.27. The van der Waals surface area contributed by atoms with Crippen molar-refractivity contribution in [3.8, 4) is 0 Å². The van der Waals surface area contributed by atoms with Crippen LogP contribution >= 0.6 is 0 Å². The molecule has 1 N–H and O–H groups in total. The van der Waals surface area contributed by atoms with Gasteiger partial charge in [0.05, 0.1) is 16.6 Å². The van der Waals surface area contributed by atoms with Crippen molar-refractivity contribution < 1.29 is 9.18 Å². The van der Waals surface area contributed by atoms with Crippen LogP contribution in [0.4, 0.5) is 20.7 Å². The van der Waals surface area contributed by atoms with E-state index in [9.17, 15) is 9.18 Å². The molecule has 0 atom stereocenters. The summed E-state index contributed by atoms with van der Waals surface area (Å²) in [6.45, 7) is 6.75. The molecule has 7 heteroatoms. The predicted molar refractivity (Wildman–Crippen MR) is 126 cm³/mol. The first-order chi connectivity index (χ1) is 15.5. The Balaban J connectivity index is 1.37. The summed E-state index contributed by atoms with van der Waals surface area (Å²) < 4.78 is 15.9. The van der Waals surface area contributed by atoms with Crippen molar-refractivity contribution in [1.29, 1.82) is 0 Å². The van der Waals surface area contributed by atoms with Crippen LogP contribution in [0, 0.1) is 19.7 Å². The van der Waals surface area contributed by atoms with Crippen molar-refractivity contribution in [2.75, 3.05) is 36.4 Å². The Hall–Kier alpha value is -3.61. The summed E-state index contributed by atoms with van der Waals surface area (Å²) in [6, 6.07) is 14.6. The third-order valence-corrected chi connectivity index (χ3v) is 6.11. The van der Waals surface area contributed by atoms with E-state index < -0.39 is 0 Å². The second-order valence-electron chi connectivity index (χ2n) is 8.41. The number of aromatic nitrogens is 2. The number of anilines is 2. The molecule has 1 aliphatic heterocycles. The maximum absolute atomic E-state index is 13.9. The SMILES string of the molecule is Cc1ccc(NC(=O)N2CCCN(c3nc4cc(F)ccc4n4cccc34)CC2)c(C)c1. The van der Waals surface area contributed by atoms with Crippen molar-refractivity contribution in [3.05, 3.63) is 71.7 Å². The molecule has 164 valence electrons. The average molecular weight is 432 g/mol. The fourth-order valence-corrected chi connectivity index (χ4v) is 4.45. The fourth-order valence-electron chi connectivity index (χ4n) is 4.45. The number of amides is 2. The molecule has 1 fully saturated rings. The van der Waals surface area contributed by atoms with E-state index in [0.29, 0.717) is 25.2 Å². The first-order valence-corrected chi connectivity index (χ1v) is 10.9. The zero-order valence-electron chi connectivity index (χ0n) is 18.3. The van der Waals surface area contributed by atoms with Crippen LogP contribution in [0.3, 0.4) is 0 Å². The third-order valence-electron chi connectivity index (χ3n) is 6.11.